The molecule has 0 radical (unpaired) electrons. The number of fused-ring (bicyclic) bond motifs is 1. The molecule has 25 heavy (non-hydrogen) atoms. The highest BCUT2D eigenvalue weighted by Crippen LogP contribution is 2.38. The summed E-state index contributed by atoms with van der Waals surface area (Å²) in [6.45, 7) is 3.19. The minimum atomic E-state index is -0.249. The summed E-state index contributed by atoms with van der Waals surface area (Å²) in [4.78, 5) is 23.7. The van der Waals surface area contributed by atoms with E-state index in [0.29, 0.717) is 38.2 Å². The standard InChI is InChI=1S/C19H14Cl2O4/c1-10-6-12(24-9-11(2)22)7-16-18(10)19(23)17(25-16)8-13-14(20)4-3-5-15(13)21/h3-8H,9H2,1-2H3/b17-8-. The van der Waals surface area contributed by atoms with E-state index >= 15 is 0 Å². The highest BCUT2D eigenvalue weighted by molar-refractivity contribution is 6.37. The van der Waals surface area contributed by atoms with Gasteiger partial charge < -0.3 is 9.47 Å². The summed E-state index contributed by atoms with van der Waals surface area (Å²) in [6, 6.07) is 8.39. The lowest BCUT2D eigenvalue weighted by molar-refractivity contribution is -0.118. The minimum Gasteiger partial charge on any atom is -0.486 e. The molecule has 2 aromatic carbocycles. The molecule has 128 valence electrons. The number of carbonyl (C=O) groups excluding carboxylic acids is 2. The van der Waals surface area contributed by atoms with Gasteiger partial charge in [0.25, 0.3) is 0 Å². The van der Waals surface area contributed by atoms with Crippen molar-refractivity contribution >= 4 is 40.8 Å². The van der Waals surface area contributed by atoms with Crippen LogP contribution in [-0.2, 0) is 4.79 Å². The van der Waals surface area contributed by atoms with Gasteiger partial charge in [-0.2, -0.15) is 0 Å². The summed E-state index contributed by atoms with van der Waals surface area (Å²) in [7, 11) is 0. The minimum absolute atomic E-state index is 0.0376. The van der Waals surface area contributed by atoms with Crippen molar-refractivity contribution in [3.8, 4) is 11.5 Å². The summed E-state index contributed by atoms with van der Waals surface area (Å²) in [5.41, 5.74) is 1.69. The van der Waals surface area contributed by atoms with E-state index in [4.69, 9.17) is 32.7 Å². The first-order chi connectivity index (χ1) is 11.9. The van der Waals surface area contributed by atoms with Gasteiger partial charge >= 0.3 is 0 Å². The molecule has 0 aromatic heterocycles. The third-order valence-corrected chi connectivity index (χ3v) is 4.32. The molecule has 0 bridgehead atoms. The van der Waals surface area contributed by atoms with Gasteiger partial charge in [-0.3, -0.25) is 9.59 Å². The maximum Gasteiger partial charge on any atom is 0.232 e. The van der Waals surface area contributed by atoms with E-state index in [0.717, 1.165) is 0 Å². The number of halogens is 2. The molecule has 2 aromatic rings. The Hall–Kier alpha value is -2.30. The molecule has 0 saturated heterocycles. The molecule has 0 aliphatic carbocycles. The fourth-order valence-corrected chi connectivity index (χ4v) is 3.03. The lowest BCUT2D eigenvalue weighted by Crippen LogP contribution is -2.06. The SMILES string of the molecule is CC(=O)COc1cc(C)c2c(c1)O/C(=C\c1c(Cl)cccc1Cl)C2=O. The van der Waals surface area contributed by atoms with E-state index in [9.17, 15) is 9.59 Å². The van der Waals surface area contributed by atoms with Crippen LogP contribution >= 0.6 is 23.2 Å². The first-order valence-electron chi connectivity index (χ1n) is 7.52. The number of ketones is 2. The lowest BCUT2D eigenvalue weighted by atomic mass is 10.0. The maximum absolute atomic E-state index is 12.6. The second kappa shape index (κ2) is 6.90. The highest BCUT2D eigenvalue weighted by Gasteiger charge is 2.30. The average molecular weight is 377 g/mol. The third kappa shape index (κ3) is 3.55. The van der Waals surface area contributed by atoms with Gasteiger partial charge in [0.1, 0.15) is 18.1 Å². The molecule has 0 atom stereocenters. The van der Waals surface area contributed by atoms with E-state index in [1.807, 2.05) is 0 Å². The van der Waals surface area contributed by atoms with Crippen molar-refractivity contribution in [1.82, 2.24) is 0 Å². The largest absolute Gasteiger partial charge is 0.486 e. The monoisotopic (exact) mass is 376 g/mol. The molecule has 0 saturated carbocycles. The van der Waals surface area contributed by atoms with Gasteiger partial charge in [-0.25, -0.2) is 0 Å². The average Bonchev–Trinajstić information content (AvgIpc) is 2.85. The van der Waals surface area contributed by atoms with Crippen molar-refractivity contribution in [2.75, 3.05) is 6.61 Å². The Morgan fingerprint density at radius 2 is 1.92 bits per heavy atom. The number of carbonyl (C=O) groups is 2. The quantitative estimate of drug-likeness (QED) is 0.713. The zero-order valence-electron chi connectivity index (χ0n) is 13.6. The topological polar surface area (TPSA) is 52.6 Å². The molecular formula is C19H14Cl2O4. The van der Waals surface area contributed by atoms with Gasteiger partial charge in [0, 0.05) is 21.7 Å². The predicted molar refractivity (Wildman–Crippen MR) is 96.8 cm³/mol. The number of ether oxygens (including phenoxy) is 2. The molecule has 0 spiro atoms. The summed E-state index contributed by atoms with van der Waals surface area (Å²) in [5.74, 6) is 0.650. The second-order valence-electron chi connectivity index (χ2n) is 5.68. The number of aryl methyl sites for hydroxylation is 1. The number of hydrogen-bond donors (Lipinski definition) is 0. The molecular weight excluding hydrogens is 363 g/mol. The van der Waals surface area contributed by atoms with Crippen molar-refractivity contribution in [1.29, 1.82) is 0 Å². The second-order valence-corrected chi connectivity index (χ2v) is 6.49. The van der Waals surface area contributed by atoms with Gasteiger partial charge in [0.2, 0.25) is 5.78 Å². The van der Waals surface area contributed by atoms with E-state index in [2.05, 4.69) is 0 Å². The number of Topliss-reactive ketones (excluding diaryl/α,β-unsaturated/α-hetero) is 2. The maximum atomic E-state index is 12.6. The van der Waals surface area contributed by atoms with Crippen LogP contribution in [0.3, 0.4) is 0 Å². The summed E-state index contributed by atoms with van der Waals surface area (Å²) in [5, 5.41) is 0.851. The zero-order chi connectivity index (χ0) is 18.1. The first kappa shape index (κ1) is 17.5. The summed E-state index contributed by atoms with van der Waals surface area (Å²) >= 11 is 12.3. The third-order valence-electron chi connectivity index (χ3n) is 3.66. The van der Waals surface area contributed by atoms with Crippen LogP contribution in [0.4, 0.5) is 0 Å². The normalized spacial score (nSPS) is 14.4. The van der Waals surface area contributed by atoms with Crippen molar-refractivity contribution in [2.45, 2.75) is 13.8 Å². The van der Waals surface area contributed by atoms with Crippen LogP contribution in [0.25, 0.3) is 6.08 Å². The van der Waals surface area contributed by atoms with Gasteiger partial charge in [0.15, 0.2) is 11.5 Å². The Balaban J connectivity index is 1.97. The molecule has 0 unspecified atom stereocenters. The Labute approximate surface area is 155 Å². The zero-order valence-corrected chi connectivity index (χ0v) is 15.1. The van der Waals surface area contributed by atoms with Crippen LogP contribution in [0.5, 0.6) is 11.5 Å². The molecule has 3 rings (SSSR count). The number of allylic oxidation sites excluding steroid dienone is 1. The predicted octanol–water partition coefficient (Wildman–Crippen LogP) is 4.89. The lowest BCUT2D eigenvalue weighted by Gasteiger charge is -2.07. The van der Waals surface area contributed by atoms with E-state index < -0.39 is 0 Å². The van der Waals surface area contributed by atoms with Crippen LogP contribution in [0.2, 0.25) is 10.0 Å². The molecule has 6 heteroatoms. The fraction of sp³-hybridized carbons (Fsp3) is 0.158. The van der Waals surface area contributed by atoms with Crippen LogP contribution in [0, 0.1) is 6.92 Å². The molecule has 0 fully saturated rings. The number of hydrogen-bond acceptors (Lipinski definition) is 4. The van der Waals surface area contributed by atoms with Gasteiger partial charge in [-0.05, 0) is 43.7 Å². The van der Waals surface area contributed by atoms with Gasteiger partial charge in [-0.1, -0.05) is 29.3 Å². The van der Waals surface area contributed by atoms with Crippen molar-refractivity contribution in [2.24, 2.45) is 0 Å². The van der Waals surface area contributed by atoms with E-state index in [1.54, 1.807) is 37.3 Å². The van der Waals surface area contributed by atoms with E-state index in [-0.39, 0.29) is 23.9 Å². The molecule has 1 aliphatic heterocycles. The van der Waals surface area contributed by atoms with Gasteiger partial charge in [-0.15, -0.1) is 0 Å². The van der Waals surface area contributed by atoms with Crippen molar-refractivity contribution < 1.29 is 19.1 Å². The fourth-order valence-electron chi connectivity index (χ4n) is 2.53. The van der Waals surface area contributed by atoms with Crippen molar-refractivity contribution in [3.05, 3.63) is 62.8 Å². The first-order valence-corrected chi connectivity index (χ1v) is 8.27. The molecule has 0 amide bonds. The van der Waals surface area contributed by atoms with Crippen LogP contribution < -0.4 is 9.47 Å². The Morgan fingerprint density at radius 1 is 1.24 bits per heavy atom. The molecule has 4 nitrogen and oxygen atoms in total. The van der Waals surface area contributed by atoms with E-state index in [1.165, 1.54) is 13.0 Å². The summed E-state index contributed by atoms with van der Waals surface area (Å²) in [6.07, 6.45) is 1.53. The van der Waals surface area contributed by atoms with Crippen LogP contribution in [0.1, 0.15) is 28.4 Å². The van der Waals surface area contributed by atoms with Crippen molar-refractivity contribution in [3.63, 3.8) is 0 Å². The summed E-state index contributed by atoms with van der Waals surface area (Å²) < 4.78 is 11.1. The Morgan fingerprint density at radius 3 is 2.56 bits per heavy atom. The van der Waals surface area contributed by atoms with Crippen LogP contribution in [-0.4, -0.2) is 18.2 Å². The van der Waals surface area contributed by atoms with Crippen LogP contribution in [0.15, 0.2) is 36.1 Å². The smallest absolute Gasteiger partial charge is 0.232 e. The van der Waals surface area contributed by atoms with Gasteiger partial charge in [0.05, 0.1) is 5.56 Å². The molecule has 0 N–H and O–H groups in total. The highest BCUT2D eigenvalue weighted by atomic mass is 35.5. The Kier molecular flexibility index (Phi) is 4.84. The number of rotatable bonds is 4. The Bertz CT molecular complexity index is 896. The number of benzene rings is 2. The molecule has 1 aliphatic rings. The molecule has 1 heterocycles.